The summed E-state index contributed by atoms with van der Waals surface area (Å²) in [5.74, 6) is -0.624. The second-order valence-electron chi connectivity index (χ2n) is 10.1. The van der Waals surface area contributed by atoms with Crippen LogP contribution in [0.3, 0.4) is 0 Å². The van der Waals surface area contributed by atoms with Crippen LogP contribution in [0.15, 0.2) is 68.6 Å². The van der Waals surface area contributed by atoms with Crippen LogP contribution >= 0.6 is 0 Å². The predicted octanol–water partition coefficient (Wildman–Crippen LogP) is 3.27. The summed E-state index contributed by atoms with van der Waals surface area (Å²) < 4.78 is 96.0. The number of fused-ring (bicyclic) bond motifs is 1. The highest BCUT2D eigenvalue weighted by molar-refractivity contribution is 7.90. The monoisotopic (exact) mass is 627 g/mol. The third kappa shape index (κ3) is 7.18. The largest absolute Gasteiger partial charge is 0.506 e. The van der Waals surface area contributed by atoms with Crippen molar-refractivity contribution in [3.8, 4) is 5.75 Å². The normalized spacial score (nSPS) is 15.9. The molecule has 0 saturated carbocycles. The van der Waals surface area contributed by atoms with Gasteiger partial charge in [0.1, 0.15) is 10.6 Å². The van der Waals surface area contributed by atoms with E-state index in [1.54, 1.807) is 20.8 Å². The van der Waals surface area contributed by atoms with E-state index in [0.717, 1.165) is 18.2 Å². The number of aromatic hydroxyl groups is 1. The van der Waals surface area contributed by atoms with Crippen LogP contribution in [0.1, 0.15) is 20.8 Å². The Bertz CT molecular complexity index is 1810. The van der Waals surface area contributed by atoms with Gasteiger partial charge in [-0.3, -0.25) is 9.27 Å². The quantitative estimate of drug-likeness (QED) is 0.213. The first-order valence-corrected chi connectivity index (χ1v) is 16.5. The molecular formula is C24H29N5O9S3. The smallest absolute Gasteiger partial charge is 0.301 e. The minimum Gasteiger partial charge on any atom is -0.506 e. The zero-order chi connectivity index (χ0) is 30.2. The van der Waals surface area contributed by atoms with Crippen molar-refractivity contribution in [3.63, 3.8) is 0 Å². The Balaban J connectivity index is 1.90. The van der Waals surface area contributed by atoms with Crippen molar-refractivity contribution in [2.75, 3.05) is 31.0 Å². The maximum absolute atomic E-state index is 13.2. The highest BCUT2D eigenvalue weighted by Gasteiger charge is 2.29. The lowest BCUT2D eigenvalue weighted by Gasteiger charge is -2.27. The summed E-state index contributed by atoms with van der Waals surface area (Å²) in [6, 6.07) is 10.1. The van der Waals surface area contributed by atoms with E-state index in [2.05, 4.69) is 19.7 Å². The summed E-state index contributed by atoms with van der Waals surface area (Å²) in [7, 11) is -12.8. The molecule has 4 rings (SSSR count). The van der Waals surface area contributed by atoms with Gasteiger partial charge < -0.3 is 9.84 Å². The summed E-state index contributed by atoms with van der Waals surface area (Å²) in [6.45, 7) is 5.55. The van der Waals surface area contributed by atoms with Crippen molar-refractivity contribution < 1.29 is 39.6 Å². The average molecular weight is 628 g/mol. The molecule has 0 spiro atoms. The van der Waals surface area contributed by atoms with Gasteiger partial charge in [0.15, 0.2) is 0 Å². The number of phenolic OH excluding ortho intramolecular Hbond substituents is 1. The highest BCUT2D eigenvalue weighted by Crippen LogP contribution is 2.43. The van der Waals surface area contributed by atoms with Crippen molar-refractivity contribution in [2.24, 2.45) is 10.2 Å². The minimum atomic E-state index is -4.44. The van der Waals surface area contributed by atoms with Crippen molar-refractivity contribution >= 4 is 58.2 Å². The van der Waals surface area contributed by atoms with Crippen molar-refractivity contribution in [1.29, 1.82) is 0 Å². The second kappa shape index (κ2) is 11.2. The van der Waals surface area contributed by atoms with Crippen LogP contribution in [0.2, 0.25) is 0 Å². The first kappa shape index (κ1) is 30.8. The number of azo groups is 1. The van der Waals surface area contributed by atoms with Crippen LogP contribution < -0.4 is 9.44 Å². The van der Waals surface area contributed by atoms with E-state index in [0.29, 0.717) is 0 Å². The lowest BCUT2D eigenvalue weighted by atomic mass is 10.1. The fourth-order valence-electron chi connectivity index (χ4n) is 4.04. The molecule has 0 aliphatic carbocycles. The van der Waals surface area contributed by atoms with Crippen LogP contribution in [0.25, 0.3) is 10.8 Å². The number of hydrogen-bond acceptors (Lipinski definition) is 10. The molecule has 4 N–H and O–H groups in total. The number of phenols is 1. The van der Waals surface area contributed by atoms with Gasteiger partial charge >= 0.3 is 10.2 Å². The van der Waals surface area contributed by atoms with E-state index in [9.17, 15) is 34.9 Å². The molecular weight excluding hydrogens is 598 g/mol. The van der Waals surface area contributed by atoms with E-state index < -0.39 is 46.5 Å². The van der Waals surface area contributed by atoms with Crippen LogP contribution in [-0.4, -0.2) is 71.1 Å². The zero-order valence-electron chi connectivity index (χ0n) is 22.3. The number of benzene rings is 3. The fraction of sp³-hybridized carbons (Fsp3) is 0.333. The van der Waals surface area contributed by atoms with Gasteiger partial charge in [-0.1, -0.05) is 12.1 Å². The standard InChI is InChI=1S/C24H29N5O9S3/c1-24(2,3)28-39(31,32)21-15-20(26-25-16-7-9-17(10-8-16)40(33,34)35)22-18(23(21)30)5-4-6-19(22)27-41(36,37)29-11-13-38-14-12-29/h4-10,15,27-28,30H,11-14H2,1-3H3,(H,33,34,35). The number of anilines is 1. The average Bonchev–Trinajstić information content (AvgIpc) is 2.87. The zero-order valence-corrected chi connectivity index (χ0v) is 24.7. The third-order valence-electron chi connectivity index (χ3n) is 5.76. The van der Waals surface area contributed by atoms with Gasteiger partial charge in [-0.25, -0.2) is 13.1 Å². The third-order valence-corrected chi connectivity index (χ3v) is 9.93. The predicted molar refractivity (Wildman–Crippen MR) is 151 cm³/mol. The first-order valence-electron chi connectivity index (χ1n) is 12.2. The Morgan fingerprint density at radius 2 is 1.56 bits per heavy atom. The first-order chi connectivity index (χ1) is 19.0. The Labute approximate surface area is 238 Å². The van der Waals surface area contributed by atoms with Crippen LogP contribution in [-0.2, 0) is 35.1 Å². The van der Waals surface area contributed by atoms with Crippen LogP contribution in [0, 0.1) is 0 Å². The van der Waals surface area contributed by atoms with Gasteiger partial charge in [0.2, 0.25) is 10.0 Å². The second-order valence-corrected chi connectivity index (χ2v) is 14.9. The molecule has 0 atom stereocenters. The summed E-state index contributed by atoms with van der Waals surface area (Å²) in [5, 5.41) is 19.3. The molecule has 3 aromatic rings. The molecule has 0 unspecified atom stereocenters. The van der Waals surface area contributed by atoms with E-state index in [-0.39, 0.29) is 59.0 Å². The molecule has 0 radical (unpaired) electrons. The molecule has 3 aromatic carbocycles. The summed E-state index contributed by atoms with van der Waals surface area (Å²) in [6.07, 6.45) is 0. The molecule has 0 bridgehead atoms. The van der Waals surface area contributed by atoms with Gasteiger partial charge in [-0.2, -0.15) is 26.3 Å². The van der Waals surface area contributed by atoms with Gasteiger partial charge in [-0.05, 0) is 57.2 Å². The minimum absolute atomic E-state index is 0.00712. The van der Waals surface area contributed by atoms with Crippen LogP contribution in [0.4, 0.5) is 17.1 Å². The lowest BCUT2D eigenvalue weighted by molar-refractivity contribution is 0.0733. The topological polar surface area (TPSA) is 204 Å². The summed E-state index contributed by atoms with van der Waals surface area (Å²) in [5.41, 5.74) is -0.854. The number of ether oxygens (including phenoxy) is 1. The molecule has 41 heavy (non-hydrogen) atoms. The molecule has 0 aromatic heterocycles. The molecule has 222 valence electrons. The number of sulfonamides is 1. The maximum atomic E-state index is 13.2. The van der Waals surface area contributed by atoms with Gasteiger partial charge in [-0.15, -0.1) is 5.11 Å². The Kier molecular flexibility index (Phi) is 8.43. The van der Waals surface area contributed by atoms with E-state index in [1.807, 2.05) is 0 Å². The Hall–Kier alpha value is -3.19. The van der Waals surface area contributed by atoms with E-state index in [4.69, 9.17) is 4.74 Å². The molecule has 1 saturated heterocycles. The Morgan fingerprint density at radius 3 is 2.15 bits per heavy atom. The highest BCUT2D eigenvalue weighted by atomic mass is 32.2. The van der Waals surface area contributed by atoms with Crippen molar-refractivity contribution in [2.45, 2.75) is 36.1 Å². The maximum Gasteiger partial charge on any atom is 0.301 e. The SMILES string of the molecule is CC(C)(C)NS(=O)(=O)c1cc(N=Nc2ccc(S(=O)(=O)O)cc2)c2c(NS(=O)(=O)N3CCOCC3)cccc2c1O. The van der Waals surface area contributed by atoms with Gasteiger partial charge in [0.05, 0.1) is 35.2 Å². The number of nitrogens with one attached hydrogen (secondary N) is 2. The number of morpholine rings is 1. The van der Waals surface area contributed by atoms with E-state index >= 15 is 0 Å². The fourth-order valence-corrected chi connectivity index (χ4v) is 7.27. The van der Waals surface area contributed by atoms with Crippen molar-refractivity contribution in [1.82, 2.24) is 9.03 Å². The molecule has 1 fully saturated rings. The Morgan fingerprint density at radius 1 is 0.927 bits per heavy atom. The van der Waals surface area contributed by atoms with Gasteiger partial charge in [0.25, 0.3) is 10.1 Å². The van der Waals surface area contributed by atoms with E-state index in [1.165, 1.54) is 34.6 Å². The van der Waals surface area contributed by atoms with Crippen molar-refractivity contribution in [3.05, 3.63) is 48.5 Å². The van der Waals surface area contributed by atoms with Crippen LogP contribution in [0.5, 0.6) is 5.75 Å². The van der Waals surface area contributed by atoms with Gasteiger partial charge in [0, 0.05) is 29.4 Å². The summed E-state index contributed by atoms with van der Waals surface area (Å²) >= 11 is 0. The molecule has 1 heterocycles. The summed E-state index contributed by atoms with van der Waals surface area (Å²) in [4.78, 5) is -0.878. The number of nitrogens with zero attached hydrogens (tertiary/aromatic N) is 3. The molecule has 1 aliphatic heterocycles. The number of hydrogen-bond donors (Lipinski definition) is 4. The molecule has 14 nitrogen and oxygen atoms in total. The molecule has 17 heteroatoms. The molecule has 1 aliphatic rings. The lowest BCUT2D eigenvalue weighted by Crippen LogP contribution is -2.43. The number of rotatable bonds is 8. The molecule has 0 amide bonds.